The van der Waals surface area contributed by atoms with Crippen molar-refractivity contribution in [1.29, 1.82) is 0 Å². The Hall–Kier alpha value is -2.53. The molecule has 2 aliphatic heterocycles. The van der Waals surface area contributed by atoms with E-state index in [1.807, 2.05) is 22.4 Å². The fourth-order valence-electron chi connectivity index (χ4n) is 4.53. The number of likely N-dealkylation sites (tertiary alicyclic amines) is 1. The van der Waals surface area contributed by atoms with Crippen LogP contribution in [0.15, 0.2) is 48.0 Å². The first-order chi connectivity index (χ1) is 13.1. The Balaban J connectivity index is 1.47. The minimum Gasteiger partial charge on any atom is -0.372 e. The highest BCUT2D eigenvalue weighted by Crippen LogP contribution is 2.45. The standard InChI is InChI=1S/C22H23N3OS/c1-15-7-8-17-20(16(15)2)25-11-3-6-19(25)22(23-17)9-12-24(13-10-22)21(26)18-5-4-14-27-18/h3-8,11,14,23H,9-10,12-13H2,1-2H3. The van der Waals surface area contributed by atoms with Gasteiger partial charge in [0.05, 0.1) is 21.8 Å². The number of hydrogen-bond acceptors (Lipinski definition) is 3. The molecule has 0 saturated carbocycles. The smallest absolute Gasteiger partial charge is 0.263 e. The van der Waals surface area contributed by atoms with E-state index in [2.05, 4.69) is 54.2 Å². The van der Waals surface area contributed by atoms with E-state index in [4.69, 9.17) is 0 Å². The number of benzene rings is 1. The summed E-state index contributed by atoms with van der Waals surface area (Å²) in [5, 5.41) is 5.83. The molecular formula is C22H23N3OS. The van der Waals surface area contributed by atoms with Gasteiger partial charge in [-0.05, 0) is 67.5 Å². The molecule has 0 radical (unpaired) electrons. The monoisotopic (exact) mass is 377 g/mol. The lowest BCUT2D eigenvalue weighted by atomic mass is 9.82. The summed E-state index contributed by atoms with van der Waals surface area (Å²) >= 11 is 1.52. The summed E-state index contributed by atoms with van der Waals surface area (Å²) in [4.78, 5) is 15.6. The number of aryl methyl sites for hydroxylation is 1. The molecule has 4 nitrogen and oxygen atoms in total. The number of carbonyl (C=O) groups excluding carboxylic acids is 1. The Labute approximate surface area is 163 Å². The van der Waals surface area contributed by atoms with Crippen molar-refractivity contribution in [2.75, 3.05) is 18.4 Å². The Morgan fingerprint density at radius 2 is 1.93 bits per heavy atom. The van der Waals surface area contributed by atoms with Gasteiger partial charge >= 0.3 is 0 Å². The van der Waals surface area contributed by atoms with E-state index in [0.29, 0.717) is 0 Å². The molecule has 5 heteroatoms. The van der Waals surface area contributed by atoms with Crippen molar-refractivity contribution in [1.82, 2.24) is 9.47 Å². The van der Waals surface area contributed by atoms with Crippen LogP contribution in [0.5, 0.6) is 0 Å². The molecule has 0 atom stereocenters. The Bertz CT molecular complexity index is 1010. The molecule has 138 valence electrons. The molecule has 0 unspecified atom stereocenters. The van der Waals surface area contributed by atoms with Crippen molar-refractivity contribution in [2.24, 2.45) is 0 Å². The number of amides is 1. The van der Waals surface area contributed by atoms with E-state index in [-0.39, 0.29) is 11.4 Å². The number of aromatic nitrogens is 1. The average Bonchev–Trinajstić information content (AvgIpc) is 3.37. The first-order valence-electron chi connectivity index (χ1n) is 9.48. The van der Waals surface area contributed by atoms with E-state index >= 15 is 0 Å². The molecule has 0 aliphatic carbocycles. The average molecular weight is 378 g/mol. The normalized spacial score (nSPS) is 17.3. The Kier molecular flexibility index (Phi) is 3.69. The minimum atomic E-state index is -0.107. The maximum atomic E-state index is 12.7. The van der Waals surface area contributed by atoms with Gasteiger partial charge in [0.15, 0.2) is 0 Å². The maximum Gasteiger partial charge on any atom is 0.263 e. The third-order valence-corrected chi connectivity index (χ3v) is 7.05. The SMILES string of the molecule is Cc1ccc2c(c1C)-n1cccc1C1(CCN(C(=O)c3cccs3)CC1)N2. The molecule has 4 heterocycles. The van der Waals surface area contributed by atoms with Crippen LogP contribution in [0.25, 0.3) is 5.69 Å². The lowest BCUT2D eigenvalue weighted by Gasteiger charge is -2.46. The molecule has 0 bridgehead atoms. The van der Waals surface area contributed by atoms with Gasteiger partial charge in [-0.2, -0.15) is 0 Å². The molecule has 1 spiro atoms. The highest BCUT2D eigenvalue weighted by Gasteiger charge is 2.42. The predicted molar refractivity (Wildman–Crippen MR) is 110 cm³/mol. The Morgan fingerprint density at radius 1 is 1.11 bits per heavy atom. The number of rotatable bonds is 1. The third kappa shape index (κ3) is 2.45. The molecule has 1 N–H and O–H groups in total. The van der Waals surface area contributed by atoms with Gasteiger partial charge < -0.3 is 14.8 Å². The van der Waals surface area contributed by atoms with Crippen LogP contribution < -0.4 is 5.32 Å². The van der Waals surface area contributed by atoms with Crippen molar-refractivity contribution >= 4 is 22.9 Å². The first-order valence-corrected chi connectivity index (χ1v) is 10.4. The van der Waals surface area contributed by atoms with Crippen molar-refractivity contribution in [3.8, 4) is 5.69 Å². The van der Waals surface area contributed by atoms with Crippen LogP contribution in [0, 0.1) is 13.8 Å². The summed E-state index contributed by atoms with van der Waals surface area (Å²) in [6.07, 6.45) is 4.01. The maximum absolute atomic E-state index is 12.7. The van der Waals surface area contributed by atoms with E-state index in [1.54, 1.807) is 0 Å². The number of anilines is 1. The second kappa shape index (κ2) is 5.99. The zero-order chi connectivity index (χ0) is 18.6. The van der Waals surface area contributed by atoms with E-state index in [1.165, 1.54) is 39.5 Å². The third-order valence-electron chi connectivity index (χ3n) is 6.19. The largest absolute Gasteiger partial charge is 0.372 e. The molecular weight excluding hydrogens is 354 g/mol. The van der Waals surface area contributed by atoms with Crippen LogP contribution in [0.4, 0.5) is 5.69 Å². The van der Waals surface area contributed by atoms with E-state index < -0.39 is 0 Å². The number of fused-ring (bicyclic) bond motifs is 4. The van der Waals surface area contributed by atoms with E-state index in [0.717, 1.165) is 30.8 Å². The van der Waals surface area contributed by atoms with Gasteiger partial charge in [-0.25, -0.2) is 0 Å². The molecule has 27 heavy (non-hydrogen) atoms. The highest BCUT2D eigenvalue weighted by atomic mass is 32.1. The molecule has 2 aromatic heterocycles. The number of carbonyl (C=O) groups is 1. The second-order valence-electron chi connectivity index (χ2n) is 7.64. The highest BCUT2D eigenvalue weighted by molar-refractivity contribution is 7.12. The summed E-state index contributed by atoms with van der Waals surface area (Å²) in [6.45, 7) is 5.90. The van der Waals surface area contributed by atoms with E-state index in [9.17, 15) is 4.79 Å². The number of nitrogens with zero attached hydrogens (tertiary/aromatic N) is 2. The van der Waals surface area contributed by atoms with Crippen molar-refractivity contribution < 1.29 is 4.79 Å². The molecule has 3 aromatic rings. The summed E-state index contributed by atoms with van der Waals surface area (Å²) in [5.41, 5.74) is 6.29. The number of thiophene rings is 1. The van der Waals surface area contributed by atoms with Gasteiger partial charge in [-0.1, -0.05) is 12.1 Å². The predicted octanol–water partition coefficient (Wildman–Crippen LogP) is 4.71. The summed E-state index contributed by atoms with van der Waals surface area (Å²) < 4.78 is 2.35. The van der Waals surface area contributed by atoms with Gasteiger partial charge in [-0.15, -0.1) is 11.3 Å². The fraction of sp³-hybridized carbons (Fsp3) is 0.318. The first kappa shape index (κ1) is 16.6. The van der Waals surface area contributed by atoms with Gasteiger partial charge in [0.25, 0.3) is 5.91 Å². The van der Waals surface area contributed by atoms with Crippen LogP contribution >= 0.6 is 11.3 Å². The van der Waals surface area contributed by atoms with Gasteiger partial charge in [0, 0.05) is 25.0 Å². The molecule has 5 rings (SSSR count). The fourth-order valence-corrected chi connectivity index (χ4v) is 5.22. The van der Waals surface area contributed by atoms with Crippen molar-refractivity contribution in [3.05, 3.63) is 69.7 Å². The molecule has 1 amide bonds. The Morgan fingerprint density at radius 3 is 2.67 bits per heavy atom. The zero-order valence-corrected chi connectivity index (χ0v) is 16.5. The van der Waals surface area contributed by atoms with Crippen LogP contribution in [0.1, 0.15) is 39.3 Å². The topological polar surface area (TPSA) is 37.3 Å². The molecule has 1 saturated heterocycles. The lowest BCUT2D eigenvalue weighted by molar-refractivity contribution is 0.0681. The molecule has 1 aromatic carbocycles. The van der Waals surface area contributed by atoms with Gasteiger partial charge in [-0.3, -0.25) is 4.79 Å². The summed E-state index contributed by atoms with van der Waals surface area (Å²) in [5.74, 6) is 0.165. The van der Waals surface area contributed by atoms with Crippen molar-refractivity contribution in [2.45, 2.75) is 32.2 Å². The van der Waals surface area contributed by atoms with Crippen molar-refractivity contribution in [3.63, 3.8) is 0 Å². The van der Waals surface area contributed by atoms with Crippen LogP contribution in [-0.4, -0.2) is 28.5 Å². The minimum absolute atomic E-state index is 0.107. The van der Waals surface area contributed by atoms with Gasteiger partial charge in [0.2, 0.25) is 0 Å². The summed E-state index contributed by atoms with van der Waals surface area (Å²) in [7, 11) is 0. The quantitative estimate of drug-likeness (QED) is 0.667. The van der Waals surface area contributed by atoms with Crippen LogP contribution in [-0.2, 0) is 5.54 Å². The molecule has 2 aliphatic rings. The second-order valence-corrected chi connectivity index (χ2v) is 8.59. The number of piperidine rings is 1. The molecule has 1 fully saturated rings. The summed E-state index contributed by atoms with van der Waals surface area (Å²) in [6, 6.07) is 12.6. The van der Waals surface area contributed by atoms with Crippen LogP contribution in [0.3, 0.4) is 0 Å². The van der Waals surface area contributed by atoms with Crippen LogP contribution in [0.2, 0.25) is 0 Å². The number of nitrogens with one attached hydrogen (secondary N) is 1. The lowest BCUT2D eigenvalue weighted by Crippen LogP contribution is -2.51. The number of hydrogen-bond donors (Lipinski definition) is 1. The van der Waals surface area contributed by atoms with Gasteiger partial charge in [0.1, 0.15) is 0 Å². The zero-order valence-electron chi connectivity index (χ0n) is 15.7.